The number of pyridine rings is 1. The highest BCUT2D eigenvalue weighted by Crippen LogP contribution is 2.33. The van der Waals surface area contributed by atoms with Gasteiger partial charge in [0, 0.05) is 18.4 Å². The summed E-state index contributed by atoms with van der Waals surface area (Å²) < 4.78 is 1.92. The quantitative estimate of drug-likeness (QED) is 0.911. The molecule has 0 aliphatic heterocycles. The fourth-order valence-electron chi connectivity index (χ4n) is 2.21. The summed E-state index contributed by atoms with van der Waals surface area (Å²) in [6.45, 7) is 6.99. The molecule has 0 aliphatic carbocycles. The van der Waals surface area contributed by atoms with E-state index in [2.05, 4.69) is 29.2 Å². The van der Waals surface area contributed by atoms with Crippen molar-refractivity contribution in [3.63, 3.8) is 0 Å². The number of nitrogens with zero attached hydrogens (tertiary/aromatic N) is 3. The van der Waals surface area contributed by atoms with Crippen LogP contribution in [0.25, 0.3) is 0 Å². The predicted molar refractivity (Wildman–Crippen MR) is 82.4 cm³/mol. The molecular formula is C14H18Cl2N4. The summed E-state index contributed by atoms with van der Waals surface area (Å²) in [5.41, 5.74) is 1.88. The lowest BCUT2D eigenvalue weighted by atomic mass is 10.0. The molecule has 2 aromatic heterocycles. The molecule has 0 saturated heterocycles. The Morgan fingerprint density at radius 3 is 2.60 bits per heavy atom. The van der Waals surface area contributed by atoms with Crippen molar-refractivity contribution in [3.8, 4) is 0 Å². The average molecular weight is 313 g/mol. The second-order valence-electron chi connectivity index (χ2n) is 4.80. The van der Waals surface area contributed by atoms with Crippen LogP contribution in [0.5, 0.6) is 0 Å². The number of hydrogen-bond donors (Lipinski definition) is 1. The molecule has 1 N–H and O–H groups in total. The van der Waals surface area contributed by atoms with Crippen LogP contribution in [0, 0.1) is 0 Å². The minimum Gasteiger partial charge on any atom is -0.305 e. The summed E-state index contributed by atoms with van der Waals surface area (Å²) in [6.07, 6.45) is 5.05. The molecule has 20 heavy (non-hydrogen) atoms. The lowest BCUT2D eigenvalue weighted by molar-refractivity contribution is 0.476. The van der Waals surface area contributed by atoms with Gasteiger partial charge in [0.15, 0.2) is 0 Å². The van der Waals surface area contributed by atoms with E-state index in [4.69, 9.17) is 23.2 Å². The first-order chi connectivity index (χ1) is 9.56. The fraction of sp³-hybridized carbons (Fsp3) is 0.429. The number of hydrogen-bond acceptors (Lipinski definition) is 3. The number of nitrogens with one attached hydrogen (secondary N) is 1. The van der Waals surface area contributed by atoms with Crippen molar-refractivity contribution in [3.05, 3.63) is 46.0 Å². The third-order valence-electron chi connectivity index (χ3n) is 3.07. The molecule has 4 nitrogen and oxygen atoms in total. The van der Waals surface area contributed by atoms with Crippen molar-refractivity contribution in [1.82, 2.24) is 20.1 Å². The Kier molecular flexibility index (Phi) is 5.02. The lowest BCUT2D eigenvalue weighted by Crippen LogP contribution is -2.26. The second kappa shape index (κ2) is 6.57. The highest BCUT2D eigenvalue weighted by atomic mass is 35.5. The molecule has 0 fully saturated rings. The first-order valence-electron chi connectivity index (χ1n) is 6.62. The molecule has 6 heteroatoms. The molecule has 0 amide bonds. The van der Waals surface area contributed by atoms with Crippen LogP contribution in [0.15, 0.2) is 24.7 Å². The number of rotatable bonds is 5. The maximum atomic E-state index is 6.34. The summed E-state index contributed by atoms with van der Waals surface area (Å²) in [5.74, 6) is 0. The first-order valence-corrected chi connectivity index (χ1v) is 7.37. The maximum absolute atomic E-state index is 6.34. The summed E-state index contributed by atoms with van der Waals surface area (Å²) >= 11 is 12.6. The minimum atomic E-state index is -0.104. The molecule has 0 aliphatic rings. The zero-order valence-electron chi connectivity index (χ0n) is 11.8. The van der Waals surface area contributed by atoms with Crippen LogP contribution in [0.3, 0.4) is 0 Å². The monoisotopic (exact) mass is 312 g/mol. The largest absolute Gasteiger partial charge is 0.305 e. The van der Waals surface area contributed by atoms with Crippen molar-refractivity contribution in [2.45, 2.75) is 32.9 Å². The van der Waals surface area contributed by atoms with Gasteiger partial charge in [0.25, 0.3) is 0 Å². The van der Waals surface area contributed by atoms with Gasteiger partial charge in [0.05, 0.1) is 28.0 Å². The highest BCUT2D eigenvalue weighted by molar-refractivity contribution is 6.32. The van der Waals surface area contributed by atoms with E-state index >= 15 is 0 Å². The van der Waals surface area contributed by atoms with Crippen LogP contribution in [-0.2, 0) is 0 Å². The van der Waals surface area contributed by atoms with E-state index in [0.29, 0.717) is 10.0 Å². The van der Waals surface area contributed by atoms with Gasteiger partial charge >= 0.3 is 0 Å². The molecule has 1 atom stereocenters. The third-order valence-corrected chi connectivity index (χ3v) is 3.68. The van der Waals surface area contributed by atoms with Crippen LogP contribution >= 0.6 is 23.2 Å². The predicted octanol–water partition coefficient (Wildman–Crippen LogP) is 3.86. The lowest BCUT2D eigenvalue weighted by Gasteiger charge is -2.22. The molecule has 0 radical (unpaired) electrons. The van der Waals surface area contributed by atoms with E-state index in [1.807, 2.05) is 17.7 Å². The van der Waals surface area contributed by atoms with Crippen LogP contribution in [0.4, 0.5) is 0 Å². The number of halogens is 2. The summed E-state index contributed by atoms with van der Waals surface area (Å²) in [5, 5.41) is 9.03. The summed E-state index contributed by atoms with van der Waals surface area (Å²) in [6, 6.07) is 2.02. The SMILES string of the molecule is CCNC(c1ccncc1Cl)c1c(Cl)cnn1C(C)C. The van der Waals surface area contributed by atoms with E-state index in [1.165, 1.54) is 0 Å². The van der Waals surface area contributed by atoms with E-state index in [0.717, 1.165) is 17.8 Å². The van der Waals surface area contributed by atoms with Crippen LogP contribution < -0.4 is 5.32 Å². The molecule has 0 aromatic carbocycles. The van der Waals surface area contributed by atoms with Gasteiger partial charge in [-0.05, 0) is 32.0 Å². The van der Waals surface area contributed by atoms with Crippen molar-refractivity contribution in [1.29, 1.82) is 0 Å². The van der Waals surface area contributed by atoms with Crippen LogP contribution in [-0.4, -0.2) is 21.3 Å². The smallest absolute Gasteiger partial charge is 0.0837 e. The second-order valence-corrected chi connectivity index (χ2v) is 5.62. The maximum Gasteiger partial charge on any atom is 0.0837 e. The Labute approximate surface area is 129 Å². The zero-order valence-corrected chi connectivity index (χ0v) is 13.3. The molecule has 2 heterocycles. The Morgan fingerprint density at radius 2 is 2.00 bits per heavy atom. The van der Waals surface area contributed by atoms with E-state index < -0.39 is 0 Å². The van der Waals surface area contributed by atoms with E-state index in [1.54, 1.807) is 18.6 Å². The van der Waals surface area contributed by atoms with Crippen molar-refractivity contribution >= 4 is 23.2 Å². The van der Waals surface area contributed by atoms with Crippen molar-refractivity contribution in [2.75, 3.05) is 6.54 Å². The van der Waals surface area contributed by atoms with Gasteiger partial charge in [-0.2, -0.15) is 5.10 Å². The Morgan fingerprint density at radius 1 is 1.25 bits per heavy atom. The van der Waals surface area contributed by atoms with Gasteiger partial charge in [-0.15, -0.1) is 0 Å². The van der Waals surface area contributed by atoms with Crippen LogP contribution in [0.2, 0.25) is 10.0 Å². The van der Waals surface area contributed by atoms with Gasteiger partial charge in [-0.25, -0.2) is 0 Å². The third kappa shape index (κ3) is 2.97. The molecule has 2 rings (SSSR count). The number of aromatic nitrogens is 3. The van der Waals surface area contributed by atoms with E-state index in [-0.39, 0.29) is 12.1 Å². The van der Waals surface area contributed by atoms with E-state index in [9.17, 15) is 0 Å². The van der Waals surface area contributed by atoms with Gasteiger partial charge < -0.3 is 5.32 Å². The molecule has 1 unspecified atom stereocenters. The van der Waals surface area contributed by atoms with Gasteiger partial charge in [-0.1, -0.05) is 30.1 Å². The summed E-state index contributed by atoms with van der Waals surface area (Å²) in [7, 11) is 0. The first kappa shape index (κ1) is 15.3. The summed E-state index contributed by atoms with van der Waals surface area (Å²) in [4.78, 5) is 4.03. The molecule has 108 valence electrons. The Bertz CT molecular complexity index is 580. The van der Waals surface area contributed by atoms with Crippen molar-refractivity contribution < 1.29 is 0 Å². The normalized spacial score (nSPS) is 12.9. The Balaban J connectivity index is 2.55. The zero-order chi connectivity index (χ0) is 14.7. The highest BCUT2D eigenvalue weighted by Gasteiger charge is 2.24. The van der Waals surface area contributed by atoms with Gasteiger partial charge in [-0.3, -0.25) is 9.67 Å². The van der Waals surface area contributed by atoms with Crippen molar-refractivity contribution in [2.24, 2.45) is 0 Å². The molecule has 0 spiro atoms. The van der Waals surface area contributed by atoms with Crippen LogP contribution in [0.1, 0.15) is 44.1 Å². The minimum absolute atomic E-state index is 0.104. The van der Waals surface area contributed by atoms with Gasteiger partial charge in [0.2, 0.25) is 0 Å². The molecular weight excluding hydrogens is 295 g/mol. The Hall–Kier alpha value is -1.10. The molecule has 0 bridgehead atoms. The fourth-order valence-corrected chi connectivity index (χ4v) is 2.68. The van der Waals surface area contributed by atoms with Gasteiger partial charge in [0.1, 0.15) is 0 Å². The molecule has 2 aromatic rings. The average Bonchev–Trinajstić information content (AvgIpc) is 2.79. The topological polar surface area (TPSA) is 42.7 Å². The standard InChI is InChI=1S/C14H18Cl2N4/c1-4-18-13(10-5-6-17-7-11(10)15)14-12(16)8-19-20(14)9(2)3/h5-9,13,18H,4H2,1-3H3. The molecule has 0 saturated carbocycles.